The molecule has 0 fully saturated rings. The van der Waals surface area contributed by atoms with Crippen LogP contribution >= 0.6 is 0 Å². The van der Waals surface area contributed by atoms with Gasteiger partial charge in [-0.2, -0.15) is 0 Å². The molecular weight excluding hydrogens is 165 g/mol. The molecule has 70 valence electrons. The second-order valence-corrected chi connectivity index (χ2v) is 2.79. The molecule has 0 saturated heterocycles. The van der Waals surface area contributed by atoms with Gasteiger partial charge in [0.1, 0.15) is 5.82 Å². The van der Waals surface area contributed by atoms with Crippen molar-refractivity contribution in [2.45, 2.75) is 13.3 Å². The van der Waals surface area contributed by atoms with Crippen LogP contribution < -0.4 is 5.32 Å². The van der Waals surface area contributed by atoms with Gasteiger partial charge in [-0.05, 0) is 18.1 Å². The second-order valence-electron chi connectivity index (χ2n) is 2.79. The number of benzene rings is 1. The summed E-state index contributed by atoms with van der Waals surface area (Å²) in [4.78, 5) is 0. The van der Waals surface area contributed by atoms with Crippen LogP contribution in [0, 0.1) is 5.82 Å². The quantitative estimate of drug-likeness (QED) is 0.752. The van der Waals surface area contributed by atoms with Crippen molar-refractivity contribution >= 4 is 5.57 Å². The van der Waals surface area contributed by atoms with Crippen molar-refractivity contribution in [2.75, 3.05) is 7.05 Å². The van der Waals surface area contributed by atoms with Crippen molar-refractivity contribution in [1.82, 2.24) is 5.32 Å². The zero-order chi connectivity index (χ0) is 9.68. The van der Waals surface area contributed by atoms with E-state index in [2.05, 4.69) is 5.32 Å². The predicted molar refractivity (Wildman–Crippen MR) is 53.7 cm³/mol. The van der Waals surface area contributed by atoms with Gasteiger partial charge >= 0.3 is 0 Å². The first kappa shape index (κ1) is 9.78. The number of hydrogen-bond donors (Lipinski definition) is 1. The van der Waals surface area contributed by atoms with Crippen molar-refractivity contribution in [2.24, 2.45) is 0 Å². The smallest absolute Gasteiger partial charge is 0.130 e. The van der Waals surface area contributed by atoms with Crippen molar-refractivity contribution in [3.8, 4) is 0 Å². The van der Waals surface area contributed by atoms with E-state index < -0.39 is 0 Å². The largest absolute Gasteiger partial charge is 0.394 e. The van der Waals surface area contributed by atoms with Crippen LogP contribution in [0.3, 0.4) is 0 Å². The molecule has 2 heteroatoms. The zero-order valence-electron chi connectivity index (χ0n) is 7.97. The van der Waals surface area contributed by atoms with Gasteiger partial charge in [0.2, 0.25) is 0 Å². The Morgan fingerprint density at radius 2 is 2.15 bits per heavy atom. The molecule has 1 aromatic carbocycles. The maximum Gasteiger partial charge on any atom is 0.130 e. The van der Waals surface area contributed by atoms with E-state index >= 15 is 0 Å². The molecule has 1 aromatic rings. The number of nitrogens with one attached hydrogen (secondary N) is 1. The summed E-state index contributed by atoms with van der Waals surface area (Å²) in [6, 6.07) is 6.82. The van der Waals surface area contributed by atoms with E-state index in [0.29, 0.717) is 5.56 Å². The van der Waals surface area contributed by atoms with Crippen LogP contribution in [0.4, 0.5) is 4.39 Å². The average molecular weight is 179 g/mol. The fraction of sp³-hybridized carbons (Fsp3) is 0.273. The van der Waals surface area contributed by atoms with Gasteiger partial charge in [-0.25, -0.2) is 4.39 Å². The number of halogens is 1. The molecule has 0 unspecified atom stereocenters. The Kier molecular flexibility index (Phi) is 3.50. The molecule has 0 radical (unpaired) electrons. The van der Waals surface area contributed by atoms with Gasteiger partial charge in [0, 0.05) is 18.8 Å². The minimum absolute atomic E-state index is 0.161. The Labute approximate surface area is 78.3 Å². The Morgan fingerprint density at radius 3 is 2.69 bits per heavy atom. The van der Waals surface area contributed by atoms with Gasteiger partial charge in [0.05, 0.1) is 0 Å². The lowest BCUT2D eigenvalue weighted by molar-refractivity contribution is 0.623. The van der Waals surface area contributed by atoms with E-state index in [1.807, 2.05) is 26.2 Å². The third-order valence-electron chi connectivity index (χ3n) is 1.92. The minimum atomic E-state index is -0.161. The number of rotatable bonds is 3. The molecule has 0 bridgehead atoms. The summed E-state index contributed by atoms with van der Waals surface area (Å²) in [7, 11) is 1.82. The Bertz CT molecular complexity index is 305. The van der Waals surface area contributed by atoms with Crippen molar-refractivity contribution in [1.29, 1.82) is 0 Å². The summed E-state index contributed by atoms with van der Waals surface area (Å²) in [5.74, 6) is -0.161. The summed E-state index contributed by atoms with van der Waals surface area (Å²) in [5, 5.41) is 2.92. The van der Waals surface area contributed by atoms with Crippen molar-refractivity contribution in [3.63, 3.8) is 0 Å². The second kappa shape index (κ2) is 4.65. The highest BCUT2D eigenvalue weighted by atomic mass is 19.1. The maximum absolute atomic E-state index is 13.3. The summed E-state index contributed by atoms with van der Waals surface area (Å²) >= 11 is 0. The third-order valence-corrected chi connectivity index (χ3v) is 1.92. The predicted octanol–water partition coefficient (Wildman–Crippen LogP) is 2.80. The molecule has 0 atom stereocenters. The first-order valence-electron chi connectivity index (χ1n) is 4.40. The molecule has 0 amide bonds. The van der Waals surface area contributed by atoms with Crippen LogP contribution in [-0.4, -0.2) is 7.05 Å². The molecule has 0 spiro atoms. The molecule has 0 aromatic heterocycles. The molecule has 1 N–H and O–H groups in total. The lowest BCUT2D eigenvalue weighted by Crippen LogP contribution is -1.97. The Balaban J connectivity index is 3.05. The number of allylic oxidation sites excluding steroid dienone is 1. The third kappa shape index (κ3) is 2.31. The molecular formula is C11H14FN. The van der Waals surface area contributed by atoms with Crippen LogP contribution in [0.5, 0.6) is 0 Å². The number of hydrogen-bond acceptors (Lipinski definition) is 1. The van der Waals surface area contributed by atoms with E-state index in [4.69, 9.17) is 0 Å². The Morgan fingerprint density at radius 1 is 1.46 bits per heavy atom. The van der Waals surface area contributed by atoms with Crippen LogP contribution in [0.1, 0.15) is 18.9 Å². The fourth-order valence-corrected chi connectivity index (χ4v) is 1.27. The molecule has 0 aliphatic heterocycles. The Hall–Kier alpha value is -1.31. The molecule has 0 aliphatic rings. The molecule has 1 rings (SSSR count). The van der Waals surface area contributed by atoms with Crippen molar-refractivity contribution in [3.05, 3.63) is 41.8 Å². The lowest BCUT2D eigenvalue weighted by atomic mass is 10.0. The molecule has 1 nitrogen and oxygen atoms in total. The maximum atomic E-state index is 13.3. The molecule has 0 aliphatic carbocycles. The first-order chi connectivity index (χ1) is 6.29. The van der Waals surface area contributed by atoms with E-state index in [0.717, 1.165) is 12.0 Å². The van der Waals surface area contributed by atoms with E-state index in [-0.39, 0.29) is 5.82 Å². The van der Waals surface area contributed by atoms with E-state index in [1.54, 1.807) is 12.1 Å². The average Bonchev–Trinajstić information content (AvgIpc) is 2.16. The van der Waals surface area contributed by atoms with Crippen LogP contribution in [0.15, 0.2) is 30.5 Å². The standard InChI is InChI=1S/C11H14FN/c1-3-9(8-13-2)10-6-4-5-7-11(10)12/h4-8,13H,3H2,1-2H3/b9-8-. The topological polar surface area (TPSA) is 12.0 Å². The molecule has 13 heavy (non-hydrogen) atoms. The van der Waals surface area contributed by atoms with Crippen LogP contribution in [0.25, 0.3) is 5.57 Å². The van der Waals surface area contributed by atoms with Gasteiger partial charge in [-0.15, -0.1) is 0 Å². The summed E-state index contributed by atoms with van der Waals surface area (Å²) in [6.07, 6.45) is 2.65. The van der Waals surface area contributed by atoms with Gasteiger partial charge in [-0.1, -0.05) is 25.1 Å². The summed E-state index contributed by atoms with van der Waals surface area (Å²) < 4.78 is 13.3. The fourth-order valence-electron chi connectivity index (χ4n) is 1.27. The molecule has 0 heterocycles. The summed E-state index contributed by atoms with van der Waals surface area (Å²) in [5.41, 5.74) is 1.67. The highest BCUT2D eigenvalue weighted by molar-refractivity contribution is 5.65. The highest BCUT2D eigenvalue weighted by Gasteiger charge is 2.03. The lowest BCUT2D eigenvalue weighted by Gasteiger charge is -2.05. The van der Waals surface area contributed by atoms with Crippen LogP contribution in [-0.2, 0) is 0 Å². The van der Waals surface area contributed by atoms with Gasteiger partial charge < -0.3 is 5.32 Å². The first-order valence-corrected chi connectivity index (χ1v) is 4.40. The highest BCUT2D eigenvalue weighted by Crippen LogP contribution is 2.19. The normalized spacial score (nSPS) is 11.5. The van der Waals surface area contributed by atoms with Crippen LogP contribution in [0.2, 0.25) is 0 Å². The zero-order valence-corrected chi connectivity index (χ0v) is 7.97. The van der Waals surface area contributed by atoms with Gasteiger partial charge in [-0.3, -0.25) is 0 Å². The monoisotopic (exact) mass is 179 g/mol. The van der Waals surface area contributed by atoms with Gasteiger partial charge in [0.25, 0.3) is 0 Å². The SMILES string of the molecule is CC/C(=C/NC)c1ccccc1F. The van der Waals surface area contributed by atoms with E-state index in [9.17, 15) is 4.39 Å². The minimum Gasteiger partial charge on any atom is -0.394 e. The van der Waals surface area contributed by atoms with E-state index in [1.165, 1.54) is 6.07 Å². The molecule has 0 saturated carbocycles. The van der Waals surface area contributed by atoms with Gasteiger partial charge in [0.15, 0.2) is 0 Å². The van der Waals surface area contributed by atoms with Crippen molar-refractivity contribution < 1.29 is 4.39 Å². The summed E-state index contributed by atoms with van der Waals surface area (Å²) in [6.45, 7) is 2.01.